The summed E-state index contributed by atoms with van der Waals surface area (Å²) in [5.41, 5.74) is 10.9. The van der Waals surface area contributed by atoms with Crippen LogP contribution in [0.3, 0.4) is 0 Å². The van der Waals surface area contributed by atoms with E-state index in [1.807, 2.05) is 6.20 Å². The van der Waals surface area contributed by atoms with Crippen LogP contribution in [0, 0.1) is 5.92 Å². The van der Waals surface area contributed by atoms with Crippen LogP contribution in [0.4, 0.5) is 11.4 Å². The molecule has 1 unspecified atom stereocenters. The number of anilines is 2. The van der Waals surface area contributed by atoms with Crippen molar-refractivity contribution >= 4 is 11.4 Å². The molecule has 0 aliphatic carbocycles. The van der Waals surface area contributed by atoms with E-state index in [0.29, 0.717) is 5.92 Å². The molecule has 1 aromatic carbocycles. The minimum absolute atomic E-state index is 0.0339. The van der Waals surface area contributed by atoms with Gasteiger partial charge in [-0.1, -0.05) is 32.0 Å². The molecule has 0 spiro atoms. The van der Waals surface area contributed by atoms with E-state index in [4.69, 9.17) is 5.73 Å². The normalized spacial score (nSPS) is 19.2. The van der Waals surface area contributed by atoms with E-state index in [2.05, 4.69) is 60.1 Å². The lowest BCUT2D eigenvalue weighted by Gasteiger charge is -2.34. The van der Waals surface area contributed by atoms with Crippen LogP contribution in [0.2, 0.25) is 0 Å². The van der Waals surface area contributed by atoms with Crippen LogP contribution in [0.25, 0.3) is 0 Å². The number of rotatable bonds is 3. The molecule has 3 heteroatoms. The second kappa shape index (κ2) is 5.86. The second-order valence-corrected chi connectivity index (χ2v) is 6.00. The molecule has 3 rings (SSSR count). The van der Waals surface area contributed by atoms with Crippen LogP contribution in [0.15, 0.2) is 42.6 Å². The fourth-order valence-corrected chi connectivity index (χ4v) is 3.03. The summed E-state index contributed by atoms with van der Waals surface area (Å²) in [6.45, 7) is 5.43. The van der Waals surface area contributed by atoms with E-state index in [1.165, 1.54) is 11.3 Å². The van der Waals surface area contributed by atoms with Crippen LogP contribution in [0.1, 0.15) is 37.6 Å². The zero-order valence-corrected chi connectivity index (χ0v) is 12.8. The molecule has 3 nitrogen and oxygen atoms in total. The SMILES string of the molecule is CC[C@H](N)c1ccc(N2CC(C)Cc3ccccc32)cn1. The fourth-order valence-electron chi connectivity index (χ4n) is 3.03. The van der Waals surface area contributed by atoms with Gasteiger partial charge in [0.05, 0.1) is 17.6 Å². The van der Waals surface area contributed by atoms with Crippen molar-refractivity contribution in [2.24, 2.45) is 11.7 Å². The number of hydrogen-bond donors (Lipinski definition) is 1. The monoisotopic (exact) mass is 281 g/mol. The lowest BCUT2D eigenvalue weighted by molar-refractivity contribution is 0.562. The Morgan fingerprint density at radius 1 is 1.29 bits per heavy atom. The zero-order chi connectivity index (χ0) is 14.8. The van der Waals surface area contributed by atoms with Crippen molar-refractivity contribution in [2.45, 2.75) is 32.7 Å². The van der Waals surface area contributed by atoms with Crippen LogP contribution in [-0.2, 0) is 6.42 Å². The van der Waals surface area contributed by atoms with E-state index < -0.39 is 0 Å². The summed E-state index contributed by atoms with van der Waals surface area (Å²) in [4.78, 5) is 6.93. The number of para-hydroxylation sites is 1. The Kier molecular flexibility index (Phi) is 3.93. The number of nitrogens with zero attached hydrogens (tertiary/aromatic N) is 2. The molecule has 1 aromatic heterocycles. The van der Waals surface area contributed by atoms with Crippen LogP contribution < -0.4 is 10.6 Å². The van der Waals surface area contributed by atoms with Gasteiger partial charge in [0, 0.05) is 18.3 Å². The Hall–Kier alpha value is -1.87. The molecule has 1 aliphatic heterocycles. The first-order valence-electron chi connectivity index (χ1n) is 7.76. The maximum Gasteiger partial charge on any atom is 0.0597 e. The smallest absolute Gasteiger partial charge is 0.0597 e. The largest absolute Gasteiger partial charge is 0.340 e. The summed E-state index contributed by atoms with van der Waals surface area (Å²) in [5, 5.41) is 0. The third-order valence-corrected chi connectivity index (χ3v) is 4.25. The molecule has 0 saturated heterocycles. The molecule has 110 valence electrons. The third-order valence-electron chi connectivity index (χ3n) is 4.25. The number of hydrogen-bond acceptors (Lipinski definition) is 3. The average Bonchev–Trinajstić information content (AvgIpc) is 2.53. The summed E-state index contributed by atoms with van der Waals surface area (Å²) < 4.78 is 0. The van der Waals surface area contributed by atoms with Crippen molar-refractivity contribution in [3.05, 3.63) is 53.9 Å². The van der Waals surface area contributed by atoms with Gasteiger partial charge in [-0.15, -0.1) is 0 Å². The Balaban J connectivity index is 1.93. The summed E-state index contributed by atoms with van der Waals surface area (Å²) in [6.07, 6.45) is 4.02. The van der Waals surface area contributed by atoms with Crippen molar-refractivity contribution in [2.75, 3.05) is 11.4 Å². The number of benzene rings is 1. The summed E-state index contributed by atoms with van der Waals surface area (Å²) in [7, 11) is 0. The van der Waals surface area contributed by atoms with E-state index in [1.54, 1.807) is 0 Å². The summed E-state index contributed by atoms with van der Waals surface area (Å²) in [6, 6.07) is 12.9. The van der Waals surface area contributed by atoms with Gasteiger partial charge in [-0.2, -0.15) is 0 Å². The molecule has 21 heavy (non-hydrogen) atoms. The number of pyridine rings is 1. The molecule has 1 aliphatic rings. The zero-order valence-electron chi connectivity index (χ0n) is 12.8. The lowest BCUT2D eigenvalue weighted by atomic mass is 9.93. The van der Waals surface area contributed by atoms with Crippen LogP contribution >= 0.6 is 0 Å². The highest BCUT2D eigenvalue weighted by molar-refractivity contribution is 5.67. The molecule has 2 atom stereocenters. The highest BCUT2D eigenvalue weighted by Gasteiger charge is 2.22. The summed E-state index contributed by atoms with van der Waals surface area (Å²) >= 11 is 0. The molecule has 0 bridgehead atoms. The maximum absolute atomic E-state index is 6.05. The lowest BCUT2D eigenvalue weighted by Crippen LogP contribution is -2.30. The molecule has 2 aromatic rings. The van der Waals surface area contributed by atoms with Gasteiger partial charge >= 0.3 is 0 Å². The van der Waals surface area contributed by atoms with Crippen molar-refractivity contribution in [1.29, 1.82) is 0 Å². The molecule has 0 fully saturated rings. The van der Waals surface area contributed by atoms with Crippen molar-refractivity contribution in [3.63, 3.8) is 0 Å². The minimum Gasteiger partial charge on any atom is -0.340 e. The van der Waals surface area contributed by atoms with Crippen LogP contribution in [-0.4, -0.2) is 11.5 Å². The highest BCUT2D eigenvalue weighted by atomic mass is 15.2. The van der Waals surface area contributed by atoms with Gasteiger partial charge in [0.25, 0.3) is 0 Å². The molecular formula is C18H23N3. The highest BCUT2D eigenvalue weighted by Crippen LogP contribution is 2.35. The van der Waals surface area contributed by atoms with Crippen molar-refractivity contribution in [3.8, 4) is 0 Å². The van der Waals surface area contributed by atoms with Gasteiger partial charge in [0.15, 0.2) is 0 Å². The van der Waals surface area contributed by atoms with E-state index in [-0.39, 0.29) is 6.04 Å². The Labute approximate surface area is 126 Å². The van der Waals surface area contributed by atoms with E-state index in [0.717, 1.165) is 30.8 Å². The standard InChI is InChI=1S/C18H23N3/c1-3-16(19)17-9-8-15(11-20-17)21-12-13(2)10-14-6-4-5-7-18(14)21/h4-9,11,13,16H,3,10,12,19H2,1-2H3/t13?,16-/m0/s1. The van der Waals surface area contributed by atoms with Crippen molar-refractivity contribution < 1.29 is 0 Å². The third kappa shape index (κ3) is 2.79. The number of fused-ring (bicyclic) bond motifs is 1. The van der Waals surface area contributed by atoms with E-state index >= 15 is 0 Å². The van der Waals surface area contributed by atoms with Gasteiger partial charge in [-0.05, 0) is 42.5 Å². The quantitative estimate of drug-likeness (QED) is 0.930. The van der Waals surface area contributed by atoms with E-state index in [9.17, 15) is 0 Å². The first kappa shape index (κ1) is 14.1. The van der Waals surface area contributed by atoms with Gasteiger partial charge in [-0.3, -0.25) is 4.98 Å². The van der Waals surface area contributed by atoms with Crippen LogP contribution in [0.5, 0.6) is 0 Å². The number of nitrogens with two attached hydrogens (primary N) is 1. The Bertz CT molecular complexity index is 606. The molecular weight excluding hydrogens is 258 g/mol. The second-order valence-electron chi connectivity index (χ2n) is 6.00. The predicted molar refractivity (Wildman–Crippen MR) is 87.8 cm³/mol. The van der Waals surface area contributed by atoms with Gasteiger partial charge in [0.1, 0.15) is 0 Å². The molecule has 2 heterocycles. The summed E-state index contributed by atoms with van der Waals surface area (Å²) in [5.74, 6) is 0.650. The van der Waals surface area contributed by atoms with Crippen molar-refractivity contribution in [1.82, 2.24) is 4.98 Å². The molecule has 2 N–H and O–H groups in total. The molecule has 0 saturated carbocycles. The molecule has 0 radical (unpaired) electrons. The maximum atomic E-state index is 6.05. The number of aromatic nitrogens is 1. The first-order valence-corrected chi connectivity index (χ1v) is 7.76. The topological polar surface area (TPSA) is 42.1 Å². The Morgan fingerprint density at radius 3 is 2.81 bits per heavy atom. The predicted octanol–water partition coefficient (Wildman–Crippen LogP) is 3.82. The molecule has 0 amide bonds. The van der Waals surface area contributed by atoms with Gasteiger partial charge in [0.2, 0.25) is 0 Å². The van der Waals surface area contributed by atoms with Gasteiger partial charge in [-0.25, -0.2) is 0 Å². The fraction of sp³-hybridized carbons (Fsp3) is 0.389. The first-order chi connectivity index (χ1) is 10.2. The minimum atomic E-state index is 0.0339. The Morgan fingerprint density at radius 2 is 2.10 bits per heavy atom. The van der Waals surface area contributed by atoms with Gasteiger partial charge < -0.3 is 10.6 Å². The average molecular weight is 281 g/mol.